The predicted molar refractivity (Wildman–Crippen MR) is 240 cm³/mol. The summed E-state index contributed by atoms with van der Waals surface area (Å²) in [5.74, 6) is -2.24. The van der Waals surface area contributed by atoms with Crippen molar-refractivity contribution in [3.05, 3.63) is 45.8 Å². The molecule has 1 saturated heterocycles. The molecule has 16 nitrogen and oxygen atoms in total. The fraction of sp³-hybridized carbons (Fsp3) is 0.739. The van der Waals surface area contributed by atoms with E-state index in [1.165, 1.54) is 14.0 Å². The lowest BCUT2D eigenvalue weighted by Crippen LogP contribution is -2.54. The van der Waals surface area contributed by atoms with Crippen molar-refractivity contribution in [1.29, 1.82) is 0 Å². The zero-order chi connectivity index (χ0) is 46.8. The molecular formula is C46H76N8O8. The van der Waals surface area contributed by atoms with Gasteiger partial charge in [-0.15, -0.1) is 0 Å². The molecule has 4 amide bonds. The number of ether oxygens (including phenoxy) is 2. The van der Waals surface area contributed by atoms with Gasteiger partial charge in [0.25, 0.3) is 0 Å². The minimum atomic E-state index is -0.683. The molecular weight excluding hydrogens is 793 g/mol. The van der Waals surface area contributed by atoms with E-state index in [0.717, 1.165) is 24.0 Å². The summed E-state index contributed by atoms with van der Waals surface area (Å²) < 4.78 is 12.0. The van der Waals surface area contributed by atoms with Crippen LogP contribution in [0.4, 0.5) is 0 Å². The van der Waals surface area contributed by atoms with Gasteiger partial charge < -0.3 is 29.9 Å². The van der Waals surface area contributed by atoms with E-state index in [9.17, 15) is 28.8 Å². The number of azide groups is 1. The highest BCUT2D eigenvalue weighted by atomic mass is 16.5. The molecule has 0 aromatic heterocycles. The second-order valence-corrected chi connectivity index (χ2v) is 18.0. The van der Waals surface area contributed by atoms with Crippen molar-refractivity contribution in [2.75, 3.05) is 55.0 Å². The molecule has 0 saturated carbocycles. The lowest BCUT2D eigenvalue weighted by atomic mass is 9.83. The molecule has 9 atom stereocenters. The maximum absolute atomic E-state index is 14.4. The average Bonchev–Trinajstić information content (AvgIpc) is 3.70. The van der Waals surface area contributed by atoms with Gasteiger partial charge in [-0.05, 0) is 67.8 Å². The summed E-state index contributed by atoms with van der Waals surface area (Å²) in [7, 11) is 8.62. The van der Waals surface area contributed by atoms with E-state index < -0.39 is 42.2 Å². The molecule has 0 radical (unpaired) electrons. The zero-order valence-corrected chi connectivity index (χ0v) is 39.7. The molecule has 1 heterocycles. The van der Waals surface area contributed by atoms with Crippen molar-refractivity contribution in [3.8, 4) is 0 Å². The maximum Gasteiger partial charge on any atom is 0.226 e. The molecule has 2 rings (SSSR count). The van der Waals surface area contributed by atoms with Gasteiger partial charge in [0.1, 0.15) is 0 Å². The molecule has 1 aliphatic rings. The van der Waals surface area contributed by atoms with Gasteiger partial charge in [-0.2, -0.15) is 0 Å². The third-order valence-electron chi connectivity index (χ3n) is 12.5. The van der Waals surface area contributed by atoms with Crippen LogP contribution in [0.5, 0.6) is 0 Å². The number of amides is 4. The fourth-order valence-electron chi connectivity index (χ4n) is 8.99. The van der Waals surface area contributed by atoms with E-state index in [1.807, 2.05) is 84.8 Å². The highest BCUT2D eigenvalue weighted by Gasteiger charge is 2.43. The Bertz CT molecular complexity index is 1670. The second-order valence-electron chi connectivity index (χ2n) is 18.0. The molecule has 1 unspecified atom stereocenters. The first-order chi connectivity index (χ1) is 29.2. The summed E-state index contributed by atoms with van der Waals surface area (Å²) in [5.41, 5.74) is 10.7. The summed E-state index contributed by atoms with van der Waals surface area (Å²) in [5, 5.41) is 9.29. The highest BCUT2D eigenvalue weighted by Crippen LogP contribution is 2.31. The molecule has 1 aromatic rings. The Hall–Kier alpha value is -4.37. The second kappa shape index (κ2) is 26.3. The first kappa shape index (κ1) is 53.8. The van der Waals surface area contributed by atoms with Crippen LogP contribution >= 0.6 is 0 Å². The van der Waals surface area contributed by atoms with Crippen molar-refractivity contribution in [3.63, 3.8) is 0 Å². The van der Waals surface area contributed by atoms with Crippen LogP contribution in [0.2, 0.25) is 0 Å². The number of methoxy groups -OCH3 is 2. The Morgan fingerprint density at radius 2 is 1.56 bits per heavy atom. The van der Waals surface area contributed by atoms with Crippen molar-refractivity contribution < 1.29 is 38.2 Å². The Balaban J connectivity index is 2.25. The van der Waals surface area contributed by atoms with Crippen molar-refractivity contribution in [2.24, 2.45) is 34.7 Å². The summed E-state index contributed by atoms with van der Waals surface area (Å²) in [4.78, 5) is 87.8. The Morgan fingerprint density at radius 3 is 2.08 bits per heavy atom. The lowest BCUT2D eigenvalue weighted by Gasteiger charge is -2.41. The molecule has 1 aliphatic heterocycles. The molecule has 62 heavy (non-hydrogen) atoms. The molecule has 0 bridgehead atoms. The number of Topliss-reactive ketones (excluding diaryl/α,β-unsaturated/α-hetero) is 2. The van der Waals surface area contributed by atoms with Gasteiger partial charge >= 0.3 is 0 Å². The number of carbonyl (C=O) groups is 6. The van der Waals surface area contributed by atoms with Crippen LogP contribution in [0.1, 0.15) is 98.6 Å². The van der Waals surface area contributed by atoms with E-state index in [0.29, 0.717) is 19.4 Å². The predicted octanol–water partition coefficient (Wildman–Crippen LogP) is 5.01. The van der Waals surface area contributed by atoms with Gasteiger partial charge in [0.15, 0.2) is 11.6 Å². The number of nitrogens with zero attached hydrogens (tertiary/aromatic N) is 6. The number of rotatable bonds is 27. The number of benzene rings is 1. The van der Waals surface area contributed by atoms with Gasteiger partial charge in [0, 0.05) is 71.0 Å². The quantitative estimate of drug-likeness (QED) is 0.0692. The Kier molecular flexibility index (Phi) is 22.8. The summed E-state index contributed by atoms with van der Waals surface area (Å²) >= 11 is 0. The van der Waals surface area contributed by atoms with Gasteiger partial charge in [-0.3, -0.25) is 33.7 Å². The maximum atomic E-state index is 14.4. The van der Waals surface area contributed by atoms with E-state index in [2.05, 4.69) is 20.7 Å². The lowest BCUT2D eigenvalue weighted by molar-refractivity contribution is -0.149. The molecule has 1 fully saturated rings. The van der Waals surface area contributed by atoms with Crippen LogP contribution < -0.4 is 10.6 Å². The third-order valence-corrected chi connectivity index (χ3v) is 12.5. The van der Waals surface area contributed by atoms with E-state index in [-0.39, 0.29) is 91.3 Å². The number of hydrogen-bond donors (Lipinski definition) is 2. The van der Waals surface area contributed by atoms with E-state index in [4.69, 9.17) is 15.0 Å². The van der Waals surface area contributed by atoms with Gasteiger partial charge in [0.05, 0.1) is 49.2 Å². The van der Waals surface area contributed by atoms with Gasteiger partial charge in [0.2, 0.25) is 23.6 Å². The molecule has 0 aliphatic carbocycles. The van der Waals surface area contributed by atoms with Gasteiger partial charge in [-0.25, -0.2) is 0 Å². The first-order valence-electron chi connectivity index (χ1n) is 22.2. The number of carbonyl (C=O) groups excluding carboxylic acids is 6. The largest absolute Gasteiger partial charge is 0.379 e. The smallest absolute Gasteiger partial charge is 0.226 e. The molecule has 348 valence electrons. The fourth-order valence-corrected chi connectivity index (χ4v) is 8.99. The SMILES string of the molecule is CC[C@H](C)[C@@H]([C@@H](CC(=O)N1CCC[C@H]1[C@H](OC)[C@@H](C)C(=O)NC(CN=[N+]=[N-])Cc1ccc(CC(=O)CNC(C)=O)cc1)OC)N(C)C(=O)[C@@H](CC(=O)[C@H](C(C)C)N(C)C)C(C)C. The summed E-state index contributed by atoms with van der Waals surface area (Å²) in [6.45, 7) is 15.6. The average molecular weight is 869 g/mol. The van der Waals surface area contributed by atoms with E-state index in [1.54, 1.807) is 30.9 Å². The molecule has 0 spiro atoms. The normalized spacial score (nSPS) is 17.9. The number of likely N-dealkylation sites (tertiary alicyclic amines) is 1. The van der Waals surface area contributed by atoms with Crippen molar-refractivity contribution in [1.82, 2.24) is 25.3 Å². The zero-order valence-electron chi connectivity index (χ0n) is 39.7. The summed E-state index contributed by atoms with van der Waals surface area (Å²) in [6.07, 6.45) is 1.45. The first-order valence-corrected chi connectivity index (χ1v) is 22.2. The number of hydrogen-bond acceptors (Lipinski definition) is 10. The third kappa shape index (κ3) is 15.8. The van der Waals surface area contributed by atoms with Crippen LogP contribution in [0.15, 0.2) is 29.4 Å². The van der Waals surface area contributed by atoms with E-state index >= 15 is 0 Å². The molecule has 2 N–H and O–H groups in total. The van der Waals surface area contributed by atoms with Crippen LogP contribution in [-0.4, -0.2) is 141 Å². The van der Waals surface area contributed by atoms with Crippen LogP contribution in [-0.2, 0) is 51.1 Å². The minimum absolute atomic E-state index is 0.00702. The van der Waals surface area contributed by atoms with Crippen LogP contribution in [0.25, 0.3) is 10.4 Å². The van der Waals surface area contributed by atoms with Crippen LogP contribution in [0.3, 0.4) is 0 Å². The minimum Gasteiger partial charge on any atom is -0.379 e. The monoisotopic (exact) mass is 869 g/mol. The Morgan fingerprint density at radius 1 is 0.935 bits per heavy atom. The van der Waals surface area contributed by atoms with Crippen molar-refractivity contribution in [2.45, 2.75) is 137 Å². The molecule has 1 aromatic carbocycles. The number of ketones is 2. The topological polar surface area (TPSA) is 203 Å². The van der Waals surface area contributed by atoms with Gasteiger partial charge in [-0.1, -0.05) is 84.3 Å². The van der Waals surface area contributed by atoms with Crippen LogP contribution in [0, 0.1) is 29.6 Å². The molecule has 16 heteroatoms. The number of nitrogens with one attached hydrogen (secondary N) is 2. The Labute approximate surface area is 370 Å². The standard InChI is InChI=1S/C46H76N8O8/c1-14-30(6)43(53(11)46(60)37(28(2)3)24-39(57)42(29(4)5)52(9)10)40(61-12)25-41(58)54-21-15-16-38(54)44(62-13)31(7)45(59)50-35(26-49-51-47)22-33-17-19-34(20-18-33)23-36(56)27-48-32(8)55/h17-20,28-31,35,37-38,40,42-44H,14-16,21-27H2,1-13H3,(H,48,55)(H,50,59)/t30-,31+,35?,37-,38-,40+,42-,43-,44+/m0/s1. The number of likely N-dealkylation sites (N-methyl/N-ethyl adjacent to an activating group) is 2. The summed E-state index contributed by atoms with van der Waals surface area (Å²) in [6, 6.07) is 5.65. The highest BCUT2D eigenvalue weighted by molar-refractivity contribution is 5.90. The van der Waals surface area contributed by atoms with Crippen molar-refractivity contribution >= 4 is 35.2 Å².